The number of nitrogen functional groups attached to an aromatic ring is 1. The van der Waals surface area contributed by atoms with Crippen LogP contribution in [-0.4, -0.2) is 25.0 Å². The molecule has 5 heteroatoms. The van der Waals surface area contributed by atoms with Gasteiger partial charge in [-0.15, -0.1) is 11.3 Å². The lowest BCUT2D eigenvalue weighted by atomic mass is 10.1. The Morgan fingerprint density at radius 1 is 1.29 bits per heavy atom. The Kier molecular flexibility index (Phi) is 6.52. The van der Waals surface area contributed by atoms with Crippen LogP contribution in [0.4, 0.5) is 10.7 Å². The molecule has 4 nitrogen and oxygen atoms in total. The van der Waals surface area contributed by atoms with Gasteiger partial charge in [-0.3, -0.25) is 4.79 Å². The second kappa shape index (κ2) is 7.69. The Balaban J connectivity index is 3.32. The molecule has 0 radical (unpaired) electrons. The smallest absolute Gasteiger partial charge is 0.177 e. The maximum Gasteiger partial charge on any atom is 0.177 e. The highest BCUT2D eigenvalue weighted by atomic mass is 32.1. The first-order valence-corrected chi connectivity index (χ1v) is 8.53. The van der Waals surface area contributed by atoms with Crippen molar-refractivity contribution in [2.75, 3.05) is 23.7 Å². The van der Waals surface area contributed by atoms with Crippen molar-refractivity contribution in [3.63, 3.8) is 0 Å². The first kappa shape index (κ1) is 17.8. The molecular formula is C16H28N2O2S. The van der Waals surface area contributed by atoms with Crippen molar-refractivity contribution >= 4 is 27.8 Å². The highest BCUT2D eigenvalue weighted by Gasteiger charge is 2.26. The summed E-state index contributed by atoms with van der Waals surface area (Å²) >= 11 is 1.46. The van der Waals surface area contributed by atoms with E-state index in [1.807, 2.05) is 27.7 Å². The molecule has 0 atom stereocenters. The van der Waals surface area contributed by atoms with Gasteiger partial charge in [0, 0.05) is 19.0 Å². The highest BCUT2D eigenvalue weighted by Crippen LogP contribution is 2.46. The van der Waals surface area contributed by atoms with Crippen LogP contribution in [0.3, 0.4) is 0 Å². The molecule has 0 amide bonds. The van der Waals surface area contributed by atoms with Crippen LogP contribution in [0.1, 0.15) is 57.6 Å². The van der Waals surface area contributed by atoms with E-state index in [1.165, 1.54) is 11.3 Å². The molecule has 1 aromatic rings. The van der Waals surface area contributed by atoms with E-state index in [1.54, 1.807) is 0 Å². The number of ether oxygens (including phenoxy) is 1. The van der Waals surface area contributed by atoms with Gasteiger partial charge in [0.15, 0.2) is 11.5 Å². The van der Waals surface area contributed by atoms with Gasteiger partial charge < -0.3 is 15.4 Å². The Bertz CT molecular complexity index is 481. The van der Waals surface area contributed by atoms with Crippen molar-refractivity contribution in [1.29, 1.82) is 0 Å². The Morgan fingerprint density at radius 3 is 2.33 bits per heavy atom. The third-order valence-electron chi connectivity index (χ3n) is 3.15. The summed E-state index contributed by atoms with van der Waals surface area (Å²) in [5.41, 5.74) is 6.71. The molecule has 0 unspecified atom stereocenters. The molecule has 0 fully saturated rings. The number of rotatable bonds is 8. The number of hydrogen-bond acceptors (Lipinski definition) is 5. The zero-order valence-corrected chi connectivity index (χ0v) is 14.8. The number of anilines is 2. The summed E-state index contributed by atoms with van der Waals surface area (Å²) in [6.07, 6.45) is 1.07. The zero-order chi connectivity index (χ0) is 16.2. The monoisotopic (exact) mass is 312 g/mol. The van der Waals surface area contributed by atoms with E-state index >= 15 is 0 Å². The molecule has 0 saturated heterocycles. The maximum atomic E-state index is 12.3. The average molecular weight is 312 g/mol. The molecule has 1 heterocycles. The third-order valence-corrected chi connectivity index (χ3v) is 4.41. The molecule has 1 rings (SSSR count). The maximum absolute atomic E-state index is 12.3. The van der Waals surface area contributed by atoms with Gasteiger partial charge in [0.2, 0.25) is 0 Å². The van der Waals surface area contributed by atoms with E-state index < -0.39 is 0 Å². The number of hydrogen-bond donors (Lipinski definition) is 1. The zero-order valence-electron chi connectivity index (χ0n) is 14.0. The second-order valence-electron chi connectivity index (χ2n) is 5.74. The van der Waals surface area contributed by atoms with E-state index in [2.05, 4.69) is 18.7 Å². The molecule has 0 aliphatic heterocycles. The van der Waals surface area contributed by atoms with Gasteiger partial charge in [0.05, 0.1) is 16.7 Å². The molecule has 0 aromatic carbocycles. The van der Waals surface area contributed by atoms with Crippen LogP contribution in [0.15, 0.2) is 0 Å². The van der Waals surface area contributed by atoms with Crippen LogP contribution >= 0.6 is 11.3 Å². The van der Waals surface area contributed by atoms with Crippen LogP contribution in [0.25, 0.3) is 0 Å². The molecule has 0 aliphatic carbocycles. The van der Waals surface area contributed by atoms with Gasteiger partial charge in [0.1, 0.15) is 5.00 Å². The van der Waals surface area contributed by atoms with Gasteiger partial charge >= 0.3 is 0 Å². The van der Waals surface area contributed by atoms with Crippen LogP contribution in [0.5, 0.6) is 5.75 Å². The standard InChI is InChI=1S/C16H28N2O2S/c1-7-9-18(8-2)16-14(20-11(5)6)12(17)15(21-16)13(19)10(3)4/h10-11H,7-9,17H2,1-6H3. The topological polar surface area (TPSA) is 55.6 Å². The van der Waals surface area contributed by atoms with Gasteiger partial charge in [-0.2, -0.15) is 0 Å². The minimum Gasteiger partial charge on any atom is -0.486 e. The Morgan fingerprint density at radius 2 is 1.90 bits per heavy atom. The average Bonchev–Trinajstić information content (AvgIpc) is 2.72. The number of carbonyl (C=O) groups excluding carboxylic acids is 1. The predicted octanol–water partition coefficient (Wildman–Crippen LogP) is 4.19. The summed E-state index contributed by atoms with van der Waals surface area (Å²) in [5, 5.41) is 0.981. The Labute approximate surface area is 132 Å². The second-order valence-corrected chi connectivity index (χ2v) is 6.74. The van der Waals surface area contributed by atoms with Crippen molar-refractivity contribution in [3.8, 4) is 5.75 Å². The lowest BCUT2D eigenvalue weighted by Gasteiger charge is -2.23. The van der Waals surface area contributed by atoms with Crippen molar-refractivity contribution in [3.05, 3.63) is 4.88 Å². The summed E-state index contributed by atoms with van der Waals surface area (Å²) in [7, 11) is 0. The summed E-state index contributed by atoms with van der Waals surface area (Å²) < 4.78 is 5.91. The molecule has 0 aliphatic rings. The van der Waals surface area contributed by atoms with Gasteiger partial charge in [-0.25, -0.2) is 0 Å². The lowest BCUT2D eigenvalue weighted by molar-refractivity contribution is 0.0944. The van der Waals surface area contributed by atoms with E-state index in [9.17, 15) is 4.79 Å². The Hall–Kier alpha value is -1.23. The molecule has 120 valence electrons. The molecule has 0 bridgehead atoms. The van der Waals surface area contributed by atoms with E-state index in [-0.39, 0.29) is 17.8 Å². The van der Waals surface area contributed by atoms with Gasteiger partial charge in [-0.1, -0.05) is 20.8 Å². The lowest BCUT2D eigenvalue weighted by Crippen LogP contribution is -2.23. The minimum absolute atomic E-state index is 0.0305. The van der Waals surface area contributed by atoms with Crippen LogP contribution in [0.2, 0.25) is 0 Å². The molecule has 0 saturated carbocycles. The molecule has 21 heavy (non-hydrogen) atoms. The molecule has 1 aromatic heterocycles. The number of thiophene rings is 1. The summed E-state index contributed by atoms with van der Waals surface area (Å²) in [4.78, 5) is 15.2. The third kappa shape index (κ3) is 4.13. The number of carbonyl (C=O) groups is 1. The van der Waals surface area contributed by atoms with E-state index in [4.69, 9.17) is 10.5 Å². The van der Waals surface area contributed by atoms with Gasteiger partial charge in [0.25, 0.3) is 0 Å². The first-order chi connectivity index (χ1) is 9.83. The van der Waals surface area contributed by atoms with E-state index in [0.29, 0.717) is 16.3 Å². The largest absolute Gasteiger partial charge is 0.486 e. The first-order valence-electron chi connectivity index (χ1n) is 7.71. The van der Waals surface area contributed by atoms with Crippen LogP contribution in [0, 0.1) is 5.92 Å². The quantitative estimate of drug-likeness (QED) is 0.731. The van der Waals surface area contributed by atoms with E-state index in [0.717, 1.165) is 24.5 Å². The number of nitrogens with two attached hydrogens (primary N) is 1. The molecule has 0 spiro atoms. The fourth-order valence-corrected chi connectivity index (χ4v) is 3.43. The number of nitrogens with zero attached hydrogens (tertiary/aromatic N) is 1. The van der Waals surface area contributed by atoms with Crippen molar-refractivity contribution in [2.45, 2.75) is 54.1 Å². The van der Waals surface area contributed by atoms with Crippen LogP contribution in [-0.2, 0) is 0 Å². The summed E-state index contributed by atoms with van der Waals surface area (Å²) in [5.74, 6) is 0.700. The normalized spacial score (nSPS) is 11.2. The summed E-state index contributed by atoms with van der Waals surface area (Å²) in [6.45, 7) is 13.8. The molecule has 2 N–H and O–H groups in total. The fourth-order valence-electron chi connectivity index (χ4n) is 2.09. The summed E-state index contributed by atoms with van der Waals surface area (Å²) in [6, 6.07) is 0. The molecular weight excluding hydrogens is 284 g/mol. The van der Waals surface area contributed by atoms with Crippen molar-refractivity contribution < 1.29 is 9.53 Å². The van der Waals surface area contributed by atoms with Gasteiger partial charge in [-0.05, 0) is 27.2 Å². The van der Waals surface area contributed by atoms with Crippen molar-refractivity contribution in [1.82, 2.24) is 0 Å². The number of ketones is 1. The minimum atomic E-state index is -0.0630. The fraction of sp³-hybridized carbons (Fsp3) is 0.688. The highest BCUT2D eigenvalue weighted by molar-refractivity contribution is 7.19. The predicted molar refractivity (Wildman–Crippen MR) is 91.8 cm³/mol. The SMILES string of the molecule is CCCN(CC)c1sc(C(=O)C(C)C)c(N)c1OC(C)C. The van der Waals surface area contributed by atoms with Crippen LogP contribution < -0.4 is 15.4 Å². The number of Topliss-reactive ketones (excluding diaryl/α,β-unsaturated/α-hetero) is 1. The van der Waals surface area contributed by atoms with Crippen molar-refractivity contribution in [2.24, 2.45) is 5.92 Å².